The smallest absolute Gasteiger partial charge is 0.340 e. The number of rotatable bonds is 3. The van der Waals surface area contributed by atoms with Crippen molar-refractivity contribution in [2.24, 2.45) is 0 Å². The Bertz CT molecular complexity index is 496. The van der Waals surface area contributed by atoms with Crippen molar-refractivity contribution in [3.63, 3.8) is 0 Å². The fourth-order valence-electron chi connectivity index (χ4n) is 2.60. The molecule has 1 aromatic carbocycles. The van der Waals surface area contributed by atoms with E-state index in [1.54, 1.807) is 13.1 Å². The first-order valence-electron chi connectivity index (χ1n) is 7.03. The summed E-state index contributed by atoms with van der Waals surface area (Å²) in [5, 5.41) is 3.12. The van der Waals surface area contributed by atoms with Crippen LogP contribution in [0.3, 0.4) is 0 Å². The van der Waals surface area contributed by atoms with E-state index in [9.17, 15) is 18.0 Å². The lowest BCUT2D eigenvalue weighted by Crippen LogP contribution is -2.47. The molecule has 0 radical (unpaired) electrons. The van der Waals surface area contributed by atoms with Crippen LogP contribution in [0.1, 0.15) is 30.4 Å². The number of hydrogen-bond acceptors (Lipinski definition) is 2. The Hall–Kier alpha value is -1.56. The molecule has 1 N–H and O–H groups in total. The Morgan fingerprint density at radius 2 is 2.05 bits per heavy atom. The van der Waals surface area contributed by atoms with Crippen LogP contribution in [0.2, 0.25) is 0 Å². The van der Waals surface area contributed by atoms with Gasteiger partial charge in [0.05, 0.1) is 11.6 Å². The van der Waals surface area contributed by atoms with Crippen molar-refractivity contribution in [1.82, 2.24) is 10.2 Å². The molecule has 0 saturated carbocycles. The van der Waals surface area contributed by atoms with Gasteiger partial charge in [0.15, 0.2) is 0 Å². The second-order valence-corrected chi connectivity index (χ2v) is 5.35. The fraction of sp³-hybridized carbons (Fsp3) is 0.533. The van der Waals surface area contributed by atoms with Crippen molar-refractivity contribution in [2.45, 2.75) is 38.0 Å². The van der Waals surface area contributed by atoms with Gasteiger partial charge in [0.2, 0.25) is 5.91 Å². The molecule has 1 fully saturated rings. The summed E-state index contributed by atoms with van der Waals surface area (Å²) in [5.41, 5.74) is -0.557. The molecule has 0 spiro atoms. The number of likely N-dealkylation sites (N-methyl/N-ethyl adjacent to an activating group) is 1. The Kier molecular flexibility index (Phi) is 4.88. The maximum atomic E-state index is 12.9. The second kappa shape index (κ2) is 6.47. The predicted octanol–water partition coefficient (Wildman–Crippen LogP) is 2.81. The number of carbonyl (C=O) groups is 1. The van der Waals surface area contributed by atoms with Gasteiger partial charge in [-0.3, -0.25) is 4.79 Å². The van der Waals surface area contributed by atoms with Crippen molar-refractivity contribution >= 4 is 5.91 Å². The normalized spacial score (nSPS) is 19.3. The summed E-state index contributed by atoms with van der Waals surface area (Å²) in [5.74, 6) is -0.147. The first-order chi connectivity index (χ1) is 9.89. The standard InChI is InChI=1S/C15H19F3N2O/c1-20(14(21)13-8-4-5-9-19-13)10-11-6-2-3-7-12(11)15(16,17)18/h2-3,6-7,13,19H,4-5,8-10H2,1H3/t13-/m1/s1. The number of carbonyl (C=O) groups excluding carboxylic acids is 1. The van der Waals surface area contributed by atoms with E-state index in [2.05, 4.69) is 5.32 Å². The van der Waals surface area contributed by atoms with Crippen molar-refractivity contribution < 1.29 is 18.0 Å². The molecule has 1 saturated heterocycles. The quantitative estimate of drug-likeness (QED) is 0.931. The average Bonchev–Trinajstić information content (AvgIpc) is 2.47. The molecule has 0 unspecified atom stereocenters. The Labute approximate surface area is 122 Å². The molecule has 3 nitrogen and oxygen atoms in total. The molecule has 1 aliphatic heterocycles. The molecule has 21 heavy (non-hydrogen) atoms. The van der Waals surface area contributed by atoms with E-state index in [4.69, 9.17) is 0 Å². The summed E-state index contributed by atoms with van der Waals surface area (Å²) >= 11 is 0. The van der Waals surface area contributed by atoms with Gasteiger partial charge in [-0.15, -0.1) is 0 Å². The summed E-state index contributed by atoms with van der Waals surface area (Å²) in [6.07, 6.45) is -1.66. The average molecular weight is 300 g/mol. The summed E-state index contributed by atoms with van der Waals surface area (Å²) in [7, 11) is 1.55. The number of halogens is 3. The molecule has 1 heterocycles. The van der Waals surface area contributed by atoms with Crippen LogP contribution in [0.4, 0.5) is 13.2 Å². The van der Waals surface area contributed by atoms with Crippen LogP contribution < -0.4 is 5.32 Å². The lowest BCUT2D eigenvalue weighted by atomic mass is 10.0. The minimum absolute atomic E-state index is 0.0350. The molecule has 1 atom stereocenters. The van der Waals surface area contributed by atoms with E-state index in [1.807, 2.05) is 0 Å². The number of nitrogens with zero attached hydrogens (tertiary/aromatic N) is 1. The highest BCUT2D eigenvalue weighted by Gasteiger charge is 2.33. The monoisotopic (exact) mass is 300 g/mol. The third kappa shape index (κ3) is 3.97. The van der Waals surface area contributed by atoms with Gasteiger partial charge < -0.3 is 10.2 Å². The Balaban J connectivity index is 2.09. The molecular formula is C15H19F3N2O. The van der Waals surface area contributed by atoms with Crippen molar-refractivity contribution in [3.05, 3.63) is 35.4 Å². The molecule has 0 aliphatic carbocycles. The van der Waals surface area contributed by atoms with Crippen LogP contribution in [0.5, 0.6) is 0 Å². The summed E-state index contributed by atoms with van der Waals surface area (Å²) in [4.78, 5) is 13.6. The number of amides is 1. The van der Waals surface area contributed by atoms with E-state index >= 15 is 0 Å². The van der Waals surface area contributed by atoms with Gasteiger partial charge in [-0.25, -0.2) is 0 Å². The minimum Gasteiger partial charge on any atom is -0.340 e. The molecule has 0 aromatic heterocycles. The number of nitrogens with one attached hydrogen (secondary N) is 1. The number of piperidine rings is 1. The third-order valence-electron chi connectivity index (χ3n) is 3.71. The predicted molar refractivity (Wildman–Crippen MR) is 73.6 cm³/mol. The van der Waals surface area contributed by atoms with Gasteiger partial charge in [0, 0.05) is 13.6 Å². The summed E-state index contributed by atoms with van der Waals surface area (Å²) in [6.45, 7) is 0.746. The van der Waals surface area contributed by atoms with Crippen molar-refractivity contribution in [1.29, 1.82) is 0 Å². The van der Waals surface area contributed by atoms with Crippen LogP contribution in [-0.4, -0.2) is 30.4 Å². The lowest BCUT2D eigenvalue weighted by Gasteiger charge is -2.28. The molecule has 1 amide bonds. The van der Waals surface area contributed by atoms with Crippen LogP contribution in [0.25, 0.3) is 0 Å². The maximum absolute atomic E-state index is 12.9. The van der Waals surface area contributed by atoms with Crippen LogP contribution in [-0.2, 0) is 17.5 Å². The van der Waals surface area contributed by atoms with Gasteiger partial charge in [-0.2, -0.15) is 13.2 Å². The van der Waals surface area contributed by atoms with Crippen LogP contribution in [0, 0.1) is 0 Å². The molecule has 0 bridgehead atoms. The zero-order chi connectivity index (χ0) is 15.5. The van der Waals surface area contributed by atoms with Crippen LogP contribution >= 0.6 is 0 Å². The zero-order valence-electron chi connectivity index (χ0n) is 11.9. The van der Waals surface area contributed by atoms with Crippen molar-refractivity contribution in [2.75, 3.05) is 13.6 Å². The highest BCUT2D eigenvalue weighted by atomic mass is 19.4. The molecule has 1 aliphatic rings. The van der Waals surface area contributed by atoms with Gasteiger partial charge in [-0.05, 0) is 31.0 Å². The third-order valence-corrected chi connectivity index (χ3v) is 3.71. The second-order valence-electron chi connectivity index (χ2n) is 5.35. The largest absolute Gasteiger partial charge is 0.416 e. The SMILES string of the molecule is CN(Cc1ccccc1C(F)(F)F)C(=O)[C@H]1CCCCN1. The van der Waals surface area contributed by atoms with Gasteiger partial charge in [-0.1, -0.05) is 24.6 Å². The molecule has 6 heteroatoms. The van der Waals surface area contributed by atoms with E-state index in [0.29, 0.717) is 0 Å². The maximum Gasteiger partial charge on any atom is 0.416 e. The van der Waals surface area contributed by atoms with Crippen molar-refractivity contribution in [3.8, 4) is 0 Å². The van der Waals surface area contributed by atoms with Gasteiger partial charge in [0.1, 0.15) is 0 Å². The number of benzene rings is 1. The Morgan fingerprint density at radius 3 is 2.67 bits per heavy atom. The first-order valence-corrected chi connectivity index (χ1v) is 7.03. The van der Waals surface area contributed by atoms with Crippen LogP contribution in [0.15, 0.2) is 24.3 Å². The highest BCUT2D eigenvalue weighted by molar-refractivity contribution is 5.81. The summed E-state index contributed by atoms with van der Waals surface area (Å²) < 4.78 is 38.8. The van der Waals surface area contributed by atoms with E-state index in [0.717, 1.165) is 31.9 Å². The van der Waals surface area contributed by atoms with E-state index in [1.165, 1.54) is 17.0 Å². The molecular weight excluding hydrogens is 281 g/mol. The minimum atomic E-state index is -4.40. The Morgan fingerprint density at radius 1 is 1.33 bits per heavy atom. The first kappa shape index (κ1) is 15.8. The number of alkyl halides is 3. The highest BCUT2D eigenvalue weighted by Crippen LogP contribution is 2.32. The van der Waals surface area contributed by atoms with Gasteiger partial charge in [0.25, 0.3) is 0 Å². The lowest BCUT2D eigenvalue weighted by molar-refractivity contribution is -0.140. The fourth-order valence-corrected chi connectivity index (χ4v) is 2.60. The topological polar surface area (TPSA) is 32.3 Å². The molecule has 2 rings (SSSR count). The molecule has 1 aromatic rings. The molecule has 116 valence electrons. The van der Waals surface area contributed by atoms with E-state index in [-0.39, 0.29) is 24.1 Å². The van der Waals surface area contributed by atoms with E-state index < -0.39 is 11.7 Å². The van der Waals surface area contributed by atoms with Gasteiger partial charge >= 0.3 is 6.18 Å². The zero-order valence-corrected chi connectivity index (χ0v) is 11.9. The number of hydrogen-bond donors (Lipinski definition) is 1. The summed E-state index contributed by atoms with van der Waals surface area (Å²) in [6, 6.07) is 5.10.